The summed E-state index contributed by atoms with van der Waals surface area (Å²) in [6, 6.07) is 7.67. The normalized spacial score (nSPS) is 10.1. The van der Waals surface area contributed by atoms with Crippen LogP contribution in [0, 0.1) is 0 Å². The van der Waals surface area contributed by atoms with Gasteiger partial charge < -0.3 is 0 Å². The van der Waals surface area contributed by atoms with Gasteiger partial charge in [0.05, 0.1) is 0 Å². The summed E-state index contributed by atoms with van der Waals surface area (Å²) < 4.78 is 1.02. The molecule has 0 aliphatic heterocycles. The topological polar surface area (TPSA) is 38.7 Å². The number of halogens is 2. The maximum Gasteiger partial charge on any atom is 0.225 e. The lowest BCUT2D eigenvalue weighted by Crippen LogP contribution is -1.90. The van der Waals surface area contributed by atoms with Crippen molar-refractivity contribution in [3.8, 4) is 11.4 Å². The molecule has 0 radical (unpaired) electrons. The lowest BCUT2D eigenvalue weighted by molar-refractivity contribution is 1.06. The van der Waals surface area contributed by atoms with Gasteiger partial charge in [0.2, 0.25) is 5.28 Å². The van der Waals surface area contributed by atoms with Crippen molar-refractivity contribution in [2.75, 3.05) is 0 Å². The molecule has 0 aliphatic rings. The van der Waals surface area contributed by atoms with Gasteiger partial charge in [-0.2, -0.15) is 4.98 Å². The van der Waals surface area contributed by atoms with E-state index in [1.165, 1.54) is 6.33 Å². The van der Waals surface area contributed by atoms with Crippen LogP contribution in [0.3, 0.4) is 0 Å². The van der Waals surface area contributed by atoms with Crippen molar-refractivity contribution < 1.29 is 0 Å². The second-order valence-electron chi connectivity index (χ2n) is 2.59. The zero-order valence-electron chi connectivity index (χ0n) is 6.98. The highest BCUT2D eigenvalue weighted by Gasteiger charge is 2.01. The summed E-state index contributed by atoms with van der Waals surface area (Å²) in [5, 5.41) is 0.206. The minimum atomic E-state index is 0.206. The molecule has 14 heavy (non-hydrogen) atoms. The van der Waals surface area contributed by atoms with Gasteiger partial charge in [0, 0.05) is 10.0 Å². The van der Waals surface area contributed by atoms with Crippen molar-refractivity contribution in [1.82, 2.24) is 15.0 Å². The summed E-state index contributed by atoms with van der Waals surface area (Å²) in [7, 11) is 0. The minimum absolute atomic E-state index is 0.206. The Bertz CT molecular complexity index is 444. The molecule has 0 saturated carbocycles. The van der Waals surface area contributed by atoms with Gasteiger partial charge in [0.25, 0.3) is 0 Å². The lowest BCUT2D eigenvalue weighted by atomic mass is 10.2. The quantitative estimate of drug-likeness (QED) is 0.800. The van der Waals surface area contributed by atoms with Gasteiger partial charge in [-0.1, -0.05) is 28.1 Å². The van der Waals surface area contributed by atoms with Gasteiger partial charge in [-0.15, -0.1) is 0 Å². The molecule has 1 aromatic heterocycles. The Morgan fingerprint density at radius 3 is 2.43 bits per heavy atom. The van der Waals surface area contributed by atoms with Crippen molar-refractivity contribution in [3.05, 3.63) is 40.3 Å². The van der Waals surface area contributed by atoms with Crippen molar-refractivity contribution in [2.45, 2.75) is 0 Å². The van der Waals surface area contributed by atoms with Crippen LogP contribution in [-0.4, -0.2) is 15.0 Å². The molecule has 0 amide bonds. The third-order valence-corrected chi connectivity index (χ3v) is 2.36. The Morgan fingerprint density at radius 2 is 1.79 bits per heavy atom. The lowest BCUT2D eigenvalue weighted by Gasteiger charge is -1.98. The standard InChI is InChI=1S/C9H5BrClN3/c10-7-3-1-6(2-4-7)8-12-5-13-9(11)14-8/h1-5H. The molecule has 3 nitrogen and oxygen atoms in total. The summed E-state index contributed by atoms with van der Waals surface area (Å²) in [5.41, 5.74) is 0.914. The Morgan fingerprint density at radius 1 is 1.07 bits per heavy atom. The molecule has 0 spiro atoms. The monoisotopic (exact) mass is 269 g/mol. The van der Waals surface area contributed by atoms with Crippen LogP contribution in [0.4, 0.5) is 0 Å². The molecule has 0 N–H and O–H groups in total. The highest BCUT2D eigenvalue weighted by molar-refractivity contribution is 9.10. The van der Waals surface area contributed by atoms with E-state index in [-0.39, 0.29) is 5.28 Å². The second-order valence-corrected chi connectivity index (χ2v) is 3.84. The highest BCUT2D eigenvalue weighted by Crippen LogP contribution is 2.18. The highest BCUT2D eigenvalue weighted by atomic mass is 79.9. The van der Waals surface area contributed by atoms with Crippen LogP contribution in [0.15, 0.2) is 35.1 Å². The first-order valence-corrected chi connectivity index (χ1v) is 5.03. The SMILES string of the molecule is Clc1ncnc(-c2ccc(Br)cc2)n1. The predicted molar refractivity (Wildman–Crippen MR) is 58.0 cm³/mol. The molecule has 0 unspecified atom stereocenters. The molecule has 0 bridgehead atoms. The fourth-order valence-corrected chi connectivity index (χ4v) is 1.40. The molecule has 0 aliphatic carbocycles. The number of aromatic nitrogens is 3. The Balaban J connectivity index is 2.44. The molecular weight excluding hydrogens is 265 g/mol. The average Bonchev–Trinajstić information content (AvgIpc) is 2.19. The van der Waals surface area contributed by atoms with E-state index >= 15 is 0 Å². The molecule has 70 valence electrons. The molecule has 0 saturated heterocycles. The van der Waals surface area contributed by atoms with E-state index in [1.54, 1.807) is 0 Å². The summed E-state index contributed by atoms with van der Waals surface area (Å²) in [4.78, 5) is 11.7. The first kappa shape index (κ1) is 9.55. The number of nitrogens with zero attached hydrogens (tertiary/aromatic N) is 3. The summed E-state index contributed by atoms with van der Waals surface area (Å²) in [5.74, 6) is 0.581. The zero-order valence-corrected chi connectivity index (χ0v) is 9.33. The maximum atomic E-state index is 5.65. The van der Waals surface area contributed by atoms with Crippen LogP contribution in [0.1, 0.15) is 0 Å². The number of hydrogen-bond donors (Lipinski definition) is 0. The van der Waals surface area contributed by atoms with Crippen molar-refractivity contribution >= 4 is 27.5 Å². The van der Waals surface area contributed by atoms with Gasteiger partial charge in [-0.3, -0.25) is 0 Å². The average molecular weight is 271 g/mol. The molecule has 0 fully saturated rings. The van der Waals surface area contributed by atoms with E-state index in [0.717, 1.165) is 10.0 Å². The van der Waals surface area contributed by atoms with Crippen LogP contribution in [0.2, 0.25) is 5.28 Å². The van der Waals surface area contributed by atoms with Crippen molar-refractivity contribution in [1.29, 1.82) is 0 Å². The van der Waals surface area contributed by atoms with Gasteiger partial charge in [-0.05, 0) is 23.7 Å². The largest absolute Gasteiger partial charge is 0.225 e. The predicted octanol–water partition coefficient (Wildman–Crippen LogP) is 2.95. The Kier molecular flexibility index (Phi) is 2.74. The van der Waals surface area contributed by atoms with Crippen LogP contribution in [-0.2, 0) is 0 Å². The number of benzene rings is 1. The minimum Gasteiger partial charge on any atom is -0.216 e. The van der Waals surface area contributed by atoms with Gasteiger partial charge in [-0.25, -0.2) is 9.97 Å². The molecular formula is C9H5BrClN3. The van der Waals surface area contributed by atoms with Gasteiger partial charge in [0.15, 0.2) is 5.82 Å². The summed E-state index contributed by atoms with van der Waals surface area (Å²) >= 11 is 9.01. The van der Waals surface area contributed by atoms with Gasteiger partial charge in [0.1, 0.15) is 6.33 Å². The molecule has 1 heterocycles. The van der Waals surface area contributed by atoms with E-state index in [0.29, 0.717) is 5.82 Å². The molecule has 1 aromatic carbocycles. The number of rotatable bonds is 1. The maximum absolute atomic E-state index is 5.65. The van der Waals surface area contributed by atoms with Crippen LogP contribution >= 0.6 is 27.5 Å². The molecule has 5 heteroatoms. The van der Waals surface area contributed by atoms with Gasteiger partial charge >= 0.3 is 0 Å². The summed E-state index contributed by atoms with van der Waals surface area (Å²) in [6.07, 6.45) is 1.40. The van der Waals surface area contributed by atoms with E-state index in [9.17, 15) is 0 Å². The number of hydrogen-bond acceptors (Lipinski definition) is 3. The molecule has 0 atom stereocenters. The first-order chi connectivity index (χ1) is 6.75. The molecule has 2 aromatic rings. The molecule has 2 rings (SSSR count). The van der Waals surface area contributed by atoms with E-state index in [4.69, 9.17) is 11.6 Å². The van der Waals surface area contributed by atoms with E-state index in [1.807, 2.05) is 24.3 Å². The van der Waals surface area contributed by atoms with Crippen LogP contribution in [0.25, 0.3) is 11.4 Å². The fourth-order valence-electron chi connectivity index (χ4n) is 1.01. The third-order valence-electron chi connectivity index (χ3n) is 1.64. The third kappa shape index (κ3) is 2.08. The Labute approximate surface area is 94.3 Å². The van der Waals surface area contributed by atoms with Crippen molar-refractivity contribution in [3.63, 3.8) is 0 Å². The van der Waals surface area contributed by atoms with Crippen molar-refractivity contribution in [2.24, 2.45) is 0 Å². The first-order valence-electron chi connectivity index (χ1n) is 3.86. The summed E-state index contributed by atoms with van der Waals surface area (Å²) in [6.45, 7) is 0. The second kappa shape index (κ2) is 4.02. The Hall–Kier alpha value is -1.00. The van der Waals surface area contributed by atoms with E-state index in [2.05, 4.69) is 30.9 Å². The smallest absolute Gasteiger partial charge is 0.216 e. The van der Waals surface area contributed by atoms with Crippen LogP contribution in [0.5, 0.6) is 0 Å². The van der Waals surface area contributed by atoms with Crippen LogP contribution < -0.4 is 0 Å². The fraction of sp³-hybridized carbons (Fsp3) is 0. The van der Waals surface area contributed by atoms with E-state index < -0.39 is 0 Å². The zero-order chi connectivity index (χ0) is 9.97.